The fraction of sp³-hybridized carbons (Fsp3) is 0.364. The van der Waals surface area contributed by atoms with Crippen LogP contribution >= 0.6 is 0 Å². The Kier molecular flexibility index (Phi) is 4.37. The maximum Gasteiger partial charge on any atom is 0.256 e. The van der Waals surface area contributed by atoms with E-state index in [4.69, 9.17) is 0 Å². The monoisotopic (exact) mass is 348 g/mol. The highest BCUT2D eigenvalue weighted by atomic mass is 16.3. The first-order chi connectivity index (χ1) is 12.7. The third-order valence-corrected chi connectivity index (χ3v) is 5.69. The van der Waals surface area contributed by atoms with E-state index in [0.29, 0.717) is 18.7 Å². The maximum atomic E-state index is 13.3. The zero-order valence-corrected chi connectivity index (χ0v) is 15.1. The number of pyridine rings is 1. The Morgan fingerprint density at radius 3 is 2.85 bits per heavy atom. The summed E-state index contributed by atoms with van der Waals surface area (Å²) in [6.07, 6.45) is 4.57. The molecule has 1 atom stereocenters. The third kappa shape index (κ3) is 2.74. The van der Waals surface area contributed by atoms with Crippen molar-refractivity contribution in [3.05, 3.63) is 54.2 Å². The van der Waals surface area contributed by atoms with E-state index < -0.39 is 0 Å². The highest BCUT2D eigenvalue weighted by Gasteiger charge is 2.39. The van der Waals surface area contributed by atoms with Crippen LogP contribution in [0.3, 0.4) is 0 Å². The second kappa shape index (κ2) is 6.69. The molecular weight excluding hydrogens is 324 g/mol. The number of fused-ring (bicyclic) bond motifs is 3. The summed E-state index contributed by atoms with van der Waals surface area (Å²) in [5.74, 6) is 0.0193. The van der Waals surface area contributed by atoms with Gasteiger partial charge in [0.15, 0.2) is 0 Å². The van der Waals surface area contributed by atoms with E-state index in [1.54, 1.807) is 6.20 Å². The standard InChI is InChI=1S/C22H24N2O2/c1-2-9-22(15-25)10-12-24(14-22)21(26)19-13-16-6-3-4-7-17(16)18-8-5-11-23-20(18)19/h3-8,11,13,25H,2,9-10,12,14-15H2,1H3/t22-/m1/s1. The lowest BCUT2D eigenvalue weighted by molar-refractivity contribution is 0.0731. The Hall–Kier alpha value is -2.46. The van der Waals surface area contributed by atoms with Crippen molar-refractivity contribution in [1.29, 1.82) is 0 Å². The SMILES string of the molecule is CCC[C@@]1(CO)CCN(C(=O)c2cc3ccccc3c3cccnc23)C1. The van der Waals surface area contributed by atoms with Crippen LogP contribution in [-0.2, 0) is 0 Å². The molecule has 0 bridgehead atoms. The molecule has 1 aliphatic heterocycles. The predicted molar refractivity (Wildman–Crippen MR) is 104 cm³/mol. The van der Waals surface area contributed by atoms with Crippen LogP contribution in [-0.4, -0.2) is 40.6 Å². The van der Waals surface area contributed by atoms with Gasteiger partial charge in [0.2, 0.25) is 0 Å². The number of aliphatic hydroxyl groups is 1. The molecule has 0 aliphatic carbocycles. The highest BCUT2D eigenvalue weighted by Crippen LogP contribution is 2.36. The Bertz CT molecular complexity index is 969. The molecule has 1 aromatic heterocycles. The van der Waals surface area contributed by atoms with Gasteiger partial charge in [0.05, 0.1) is 17.7 Å². The first-order valence-corrected chi connectivity index (χ1v) is 9.34. The molecular formula is C22H24N2O2. The number of aliphatic hydroxyl groups excluding tert-OH is 1. The van der Waals surface area contributed by atoms with Crippen LogP contribution in [0, 0.1) is 5.41 Å². The fourth-order valence-corrected chi connectivity index (χ4v) is 4.31. The lowest BCUT2D eigenvalue weighted by Gasteiger charge is -2.26. The first kappa shape index (κ1) is 17.0. The van der Waals surface area contributed by atoms with Crippen molar-refractivity contribution in [2.75, 3.05) is 19.7 Å². The predicted octanol–water partition coefficient (Wildman–Crippen LogP) is 4.01. The summed E-state index contributed by atoms with van der Waals surface area (Å²) in [6, 6.07) is 14.0. The van der Waals surface area contributed by atoms with E-state index in [2.05, 4.69) is 18.0 Å². The van der Waals surface area contributed by atoms with E-state index in [-0.39, 0.29) is 17.9 Å². The lowest BCUT2D eigenvalue weighted by Crippen LogP contribution is -2.34. The molecule has 2 aromatic carbocycles. The van der Waals surface area contributed by atoms with Crippen LogP contribution in [0.25, 0.3) is 21.7 Å². The first-order valence-electron chi connectivity index (χ1n) is 9.34. The molecule has 3 aromatic rings. The number of amides is 1. The Morgan fingerprint density at radius 1 is 1.23 bits per heavy atom. The molecule has 1 amide bonds. The number of aromatic nitrogens is 1. The molecule has 1 N–H and O–H groups in total. The fourth-order valence-electron chi connectivity index (χ4n) is 4.31. The summed E-state index contributed by atoms with van der Waals surface area (Å²) in [4.78, 5) is 19.7. The van der Waals surface area contributed by atoms with Crippen LogP contribution in [0.4, 0.5) is 0 Å². The molecule has 1 fully saturated rings. The Labute approximate surface area is 153 Å². The lowest BCUT2D eigenvalue weighted by atomic mass is 9.83. The van der Waals surface area contributed by atoms with Crippen molar-refractivity contribution in [1.82, 2.24) is 9.88 Å². The number of hydrogen-bond donors (Lipinski definition) is 1. The summed E-state index contributed by atoms with van der Waals surface area (Å²) >= 11 is 0. The molecule has 1 aliphatic rings. The van der Waals surface area contributed by atoms with Gasteiger partial charge in [-0.25, -0.2) is 0 Å². The molecule has 4 heteroatoms. The van der Waals surface area contributed by atoms with E-state index in [9.17, 15) is 9.90 Å². The number of nitrogens with zero attached hydrogens (tertiary/aromatic N) is 2. The van der Waals surface area contributed by atoms with Gasteiger partial charge >= 0.3 is 0 Å². The van der Waals surface area contributed by atoms with Gasteiger partial charge in [0.1, 0.15) is 0 Å². The Balaban J connectivity index is 1.77. The average Bonchev–Trinajstić information content (AvgIpc) is 3.12. The number of carbonyl (C=O) groups excluding carboxylic acids is 1. The van der Waals surface area contributed by atoms with Crippen LogP contribution < -0.4 is 0 Å². The number of likely N-dealkylation sites (tertiary alicyclic amines) is 1. The van der Waals surface area contributed by atoms with Crippen molar-refractivity contribution >= 4 is 27.6 Å². The zero-order chi connectivity index (χ0) is 18.1. The van der Waals surface area contributed by atoms with Crippen molar-refractivity contribution in [2.24, 2.45) is 5.41 Å². The van der Waals surface area contributed by atoms with Crippen molar-refractivity contribution in [3.8, 4) is 0 Å². The summed E-state index contributed by atoms with van der Waals surface area (Å²) < 4.78 is 0. The van der Waals surface area contributed by atoms with Gasteiger partial charge in [0.25, 0.3) is 5.91 Å². The second-order valence-corrected chi connectivity index (χ2v) is 7.43. The number of hydrogen-bond acceptors (Lipinski definition) is 3. The summed E-state index contributed by atoms with van der Waals surface area (Å²) in [5.41, 5.74) is 1.27. The zero-order valence-electron chi connectivity index (χ0n) is 15.1. The molecule has 0 unspecified atom stereocenters. The second-order valence-electron chi connectivity index (χ2n) is 7.43. The number of benzene rings is 2. The third-order valence-electron chi connectivity index (χ3n) is 5.69. The van der Waals surface area contributed by atoms with Crippen LogP contribution in [0.1, 0.15) is 36.5 Å². The molecule has 26 heavy (non-hydrogen) atoms. The number of rotatable bonds is 4. The molecule has 134 valence electrons. The van der Waals surface area contributed by atoms with Gasteiger partial charge in [-0.15, -0.1) is 0 Å². The van der Waals surface area contributed by atoms with Crippen LogP contribution in [0.15, 0.2) is 48.7 Å². The van der Waals surface area contributed by atoms with E-state index in [1.165, 1.54) is 0 Å². The minimum Gasteiger partial charge on any atom is -0.396 e. The van der Waals surface area contributed by atoms with E-state index in [0.717, 1.165) is 40.9 Å². The van der Waals surface area contributed by atoms with Gasteiger partial charge in [-0.05, 0) is 35.7 Å². The molecule has 0 saturated carbocycles. The van der Waals surface area contributed by atoms with Gasteiger partial charge in [-0.3, -0.25) is 9.78 Å². The topological polar surface area (TPSA) is 53.4 Å². The normalized spacial score (nSPS) is 20.2. The summed E-state index contributed by atoms with van der Waals surface area (Å²) in [6.45, 7) is 3.59. The minimum atomic E-state index is -0.148. The van der Waals surface area contributed by atoms with Gasteiger partial charge in [-0.2, -0.15) is 0 Å². The van der Waals surface area contributed by atoms with E-state index in [1.807, 2.05) is 41.3 Å². The minimum absolute atomic E-state index is 0.0193. The van der Waals surface area contributed by atoms with Crippen LogP contribution in [0.5, 0.6) is 0 Å². The van der Waals surface area contributed by atoms with Crippen molar-refractivity contribution in [3.63, 3.8) is 0 Å². The largest absolute Gasteiger partial charge is 0.396 e. The molecule has 1 saturated heterocycles. The Morgan fingerprint density at radius 2 is 2.04 bits per heavy atom. The van der Waals surface area contributed by atoms with Crippen molar-refractivity contribution in [2.45, 2.75) is 26.2 Å². The number of carbonyl (C=O) groups is 1. The highest BCUT2D eigenvalue weighted by molar-refractivity contribution is 6.15. The molecule has 4 nitrogen and oxygen atoms in total. The summed E-state index contributed by atoms with van der Waals surface area (Å²) in [7, 11) is 0. The van der Waals surface area contributed by atoms with Gasteiger partial charge in [0, 0.05) is 30.1 Å². The molecule has 2 heterocycles. The molecule has 4 rings (SSSR count). The smallest absolute Gasteiger partial charge is 0.256 e. The van der Waals surface area contributed by atoms with E-state index >= 15 is 0 Å². The van der Waals surface area contributed by atoms with Gasteiger partial charge in [-0.1, -0.05) is 43.7 Å². The average molecular weight is 348 g/mol. The summed E-state index contributed by atoms with van der Waals surface area (Å²) in [5, 5.41) is 13.1. The molecule has 0 radical (unpaired) electrons. The maximum absolute atomic E-state index is 13.3. The quantitative estimate of drug-likeness (QED) is 0.725. The van der Waals surface area contributed by atoms with Crippen LogP contribution in [0.2, 0.25) is 0 Å². The van der Waals surface area contributed by atoms with Crippen molar-refractivity contribution < 1.29 is 9.90 Å². The molecule has 0 spiro atoms. The van der Waals surface area contributed by atoms with Gasteiger partial charge < -0.3 is 10.0 Å².